The van der Waals surface area contributed by atoms with Gasteiger partial charge in [-0.1, -0.05) is 0 Å². The molecule has 0 aromatic carbocycles. The predicted octanol–water partition coefficient (Wildman–Crippen LogP) is 1.66. The summed E-state index contributed by atoms with van der Waals surface area (Å²) in [6.07, 6.45) is -3.40. The minimum Gasteiger partial charge on any atom is -0.468 e. The van der Waals surface area contributed by atoms with Crippen LogP contribution in [0.5, 0.6) is 5.88 Å². The molecule has 0 fully saturated rings. The zero-order valence-corrected chi connectivity index (χ0v) is 14.0. The highest BCUT2D eigenvalue weighted by Crippen LogP contribution is 2.20. The van der Waals surface area contributed by atoms with Gasteiger partial charge in [0.2, 0.25) is 15.9 Å². The Labute approximate surface area is 144 Å². The Bertz CT molecular complexity index is 848. The second kappa shape index (κ2) is 7.37. The van der Waals surface area contributed by atoms with Crippen molar-refractivity contribution in [1.29, 1.82) is 0 Å². The molecule has 0 unspecified atom stereocenters. The van der Waals surface area contributed by atoms with E-state index in [9.17, 15) is 26.4 Å². The molecule has 2 rings (SSSR count). The number of ether oxygens (including phenoxy) is 1. The maximum absolute atomic E-state index is 12.0. The number of primary sulfonamides is 1. The Morgan fingerprint density at radius 3 is 2.52 bits per heavy atom. The Balaban J connectivity index is 1.91. The van der Waals surface area contributed by atoms with Gasteiger partial charge >= 0.3 is 6.18 Å². The number of hydrogen-bond donors (Lipinski definition) is 2. The highest BCUT2D eigenvalue weighted by molar-refractivity contribution is 7.91. The number of aromatic nitrogens is 1. The van der Waals surface area contributed by atoms with Gasteiger partial charge in [-0.05, 0) is 18.2 Å². The number of carbonyl (C=O) groups excluding carboxylic acids is 1. The molecule has 12 heteroatoms. The van der Waals surface area contributed by atoms with E-state index >= 15 is 0 Å². The molecule has 0 spiro atoms. The van der Waals surface area contributed by atoms with Crippen LogP contribution in [0.1, 0.15) is 15.2 Å². The first kappa shape index (κ1) is 19.1. The monoisotopic (exact) mass is 395 g/mol. The standard InChI is InChI=1S/C13H12F3N3O4S2/c14-13(15,16)7-23-10-3-1-8(5-18-10)12(20)19-6-9-2-4-11(24-9)25(17,21)22/h1-5H,6-7H2,(H,19,20)(H2,17,21,22). The summed E-state index contributed by atoms with van der Waals surface area (Å²) in [5.41, 5.74) is 0.114. The summed E-state index contributed by atoms with van der Waals surface area (Å²) < 4.78 is 62.8. The fourth-order valence-electron chi connectivity index (χ4n) is 1.63. The number of nitrogens with zero attached hydrogens (tertiary/aromatic N) is 1. The van der Waals surface area contributed by atoms with E-state index in [4.69, 9.17) is 5.14 Å². The van der Waals surface area contributed by atoms with Crippen molar-refractivity contribution >= 4 is 27.3 Å². The molecule has 0 saturated heterocycles. The normalized spacial score (nSPS) is 12.0. The molecule has 2 aromatic heterocycles. The van der Waals surface area contributed by atoms with E-state index in [1.165, 1.54) is 18.2 Å². The summed E-state index contributed by atoms with van der Waals surface area (Å²) in [6.45, 7) is -1.42. The van der Waals surface area contributed by atoms with Gasteiger partial charge in [-0.2, -0.15) is 13.2 Å². The Morgan fingerprint density at radius 2 is 2.00 bits per heavy atom. The van der Waals surface area contributed by atoms with Crippen molar-refractivity contribution < 1.29 is 31.1 Å². The molecular formula is C13H12F3N3O4S2. The van der Waals surface area contributed by atoms with E-state index in [-0.39, 0.29) is 22.2 Å². The van der Waals surface area contributed by atoms with Gasteiger partial charge in [0, 0.05) is 17.1 Å². The molecule has 0 aliphatic carbocycles. The van der Waals surface area contributed by atoms with Crippen molar-refractivity contribution in [2.75, 3.05) is 6.61 Å². The van der Waals surface area contributed by atoms with Gasteiger partial charge in [0.25, 0.3) is 5.91 Å². The Kier molecular flexibility index (Phi) is 5.65. The van der Waals surface area contributed by atoms with Gasteiger partial charge in [-0.25, -0.2) is 18.5 Å². The van der Waals surface area contributed by atoms with E-state index in [1.807, 2.05) is 0 Å². The number of alkyl halides is 3. The average Bonchev–Trinajstić information content (AvgIpc) is 2.99. The van der Waals surface area contributed by atoms with Crippen molar-refractivity contribution in [2.45, 2.75) is 16.9 Å². The van der Waals surface area contributed by atoms with Crippen molar-refractivity contribution in [2.24, 2.45) is 5.14 Å². The minimum absolute atomic E-state index is 0.0235. The summed E-state index contributed by atoms with van der Waals surface area (Å²) in [5.74, 6) is -0.787. The van der Waals surface area contributed by atoms with Crippen LogP contribution in [0.15, 0.2) is 34.7 Å². The molecule has 25 heavy (non-hydrogen) atoms. The Morgan fingerprint density at radius 1 is 1.28 bits per heavy atom. The van der Waals surface area contributed by atoms with Gasteiger partial charge in [-0.3, -0.25) is 4.79 Å². The topological polar surface area (TPSA) is 111 Å². The molecule has 3 N–H and O–H groups in total. The van der Waals surface area contributed by atoms with Gasteiger partial charge in [0.15, 0.2) is 6.61 Å². The first-order valence-electron chi connectivity index (χ1n) is 6.60. The van der Waals surface area contributed by atoms with Crippen LogP contribution in [0.3, 0.4) is 0 Å². The van der Waals surface area contributed by atoms with E-state index in [0.717, 1.165) is 23.6 Å². The third-order valence-electron chi connectivity index (χ3n) is 2.72. The SMILES string of the molecule is NS(=O)(=O)c1ccc(CNC(=O)c2ccc(OCC(F)(F)F)nc2)s1. The van der Waals surface area contributed by atoms with E-state index in [2.05, 4.69) is 15.0 Å². The number of rotatable bonds is 6. The highest BCUT2D eigenvalue weighted by Gasteiger charge is 2.28. The molecule has 1 amide bonds. The number of halogens is 3. The molecule has 0 bridgehead atoms. The minimum atomic E-state index is -4.48. The summed E-state index contributed by atoms with van der Waals surface area (Å²) in [4.78, 5) is 16.1. The van der Waals surface area contributed by atoms with Crippen LogP contribution in [0.4, 0.5) is 13.2 Å². The third kappa shape index (κ3) is 5.99. The number of nitrogens with one attached hydrogen (secondary N) is 1. The molecule has 0 saturated carbocycles. The fourth-order valence-corrected chi connectivity index (χ4v) is 3.35. The van der Waals surface area contributed by atoms with Crippen molar-refractivity contribution in [3.8, 4) is 5.88 Å². The van der Waals surface area contributed by atoms with Gasteiger partial charge < -0.3 is 10.1 Å². The summed E-state index contributed by atoms with van der Waals surface area (Å²) in [7, 11) is -3.79. The predicted molar refractivity (Wildman–Crippen MR) is 82.6 cm³/mol. The highest BCUT2D eigenvalue weighted by atomic mass is 32.2. The van der Waals surface area contributed by atoms with Crippen LogP contribution in [0.2, 0.25) is 0 Å². The van der Waals surface area contributed by atoms with Crippen LogP contribution < -0.4 is 15.2 Å². The molecule has 136 valence electrons. The van der Waals surface area contributed by atoms with Crippen LogP contribution in [-0.2, 0) is 16.6 Å². The van der Waals surface area contributed by atoms with E-state index < -0.39 is 28.7 Å². The summed E-state index contributed by atoms with van der Waals surface area (Å²) >= 11 is 0.918. The maximum atomic E-state index is 12.0. The van der Waals surface area contributed by atoms with Gasteiger partial charge in [-0.15, -0.1) is 11.3 Å². The lowest BCUT2D eigenvalue weighted by molar-refractivity contribution is -0.154. The largest absolute Gasteiger partial charge is 0.468 e. The lowest BCUT2D eigenvalue weighted by atomic mass is 10.2. The van der Waals surface area contributed by atoms with Crippen LogP contribution in [0.25, 0.3) is 0 Å². The lowest BCUT2D eigenvalue weighted by Gasteiger charge is -2.08. The van der Waals surface area contributed by atoms with Crippen molar-refractivity contribution in [3.63, 3.8) is 0 Å². The molecule has 0 atom stereocenters. The second-order valence-corrected chi connectivity index (χ2v) is 7.69. The van der Waals surface area contributed by atoms with Crippen LogP contribution >= 0.6 is 11.3 Å². The zero-order valence-electron chi connectivity index (χ0n) is 12.4. The fraction of sp³-hybridized carbons (Fsp3) is 0.231. The summed E-state index contributed by atoms with van der Waals surface area (Å²) in [5, 5.41) is 7.52. The number of hydrogen-bond acceptors (Lipinski definition) is 6. The average molecular weight is 395 g/mol. The molecular weight excluding hydrogens is 383 g/mol. The smallest absolute Gasteiger partial charge is 0.422 e. The molecule has 0 radical (unpaired) electrons. The van der Waals surface area contributed by atoms with Crippen LogP contribution in [0, 0.1) is 0 Å². The molecule has 0 aliphatic heterocycles. The van der Waals surface area contributed by atoms with Crippen molar-refractivity contribution in [3.05, 3.63) is 40.9 Å². The first-order chi connectivity index (χ1) is 11.5. The number of nitrogens with two attached hydrogens (primary N) is 1. The first-order valence-corrected chi connectivity index (χ1v) is 8.96. The van der Waals surface area contributed by atoms with E-state index in [0.29, 0.717) is 4.88 Å². The Hall–Kier alpha value is -2.18. The van der Waals surface area contributed by atoms with E-state index in [1.54, 1.807) is 0 Å². The molecule has 0 aliphatic rings. The third-order valence-corrected chi connectivity index (χ3v) is 5.25. The summed E-state index contributed by atoms with van der Waals surface area (Å²) in [6, 6.07) is 5.25. The number of sulfonamides is 1. The van der Waals surface area contributed by atoms with Crippen molar-refractivity contribution in [1.82, 2.24) is 10.3 Å². The number of thiophene rings is 1. The van der Waals surface area contributed by atoms with Gasteiger partial charge in [0.05, 0.1) is 12.1 Å². The molecule has 2 aromatic rings. The molecule has 7 nitrogen and oxygen atoms in total. The molecule has 2 heterocycles. The lowest BCUT2D eigenvalue weighted by Crippen LogP contribution is -2.23. The van der Waals surface area contributed by atoms with Crippen LogP contribution in [-0.4, -0.2) is 32.1 Å². The second-order valence-electron chi connectivity index (χ2n) is 4.74. The zero-order chi connectivity index (χ0) is 18.7. The quantitative estimate of drug-likeness (QED) is 0.773. The maximum Gasteiger partial charge on any atom is 0.422 e. The number of amides is 1. The number of carbonyl (C=O) groups is 1. The number of pyridine rings is 1. The van der Waals surface area contributed by atoms with Gasteiger partial charge in [0.1, 0.15) is 4.21 Å².